The largest absolute Gasteiger partial charge is 0.327 e. The number of amides is 1. The summed E-state index contributed by atoms with van der Waals surface area (Å²) >= 11 is 0. The number of nitrogens with one attached hydrogen (secondary N) is 1. The lowest BCUT2D eigenvalue weighted by Gasteiger charge is -2.20. The van der Waals surface area contributed by atoms with Crippen molar-refractivity contribution in [2.24, 2.45) is 11.7 Å². The fourth-order valence-corrected chi connectivity index (χ4v) is 2.45. The molecule has 0 radical (unpaired) electrons. The molecule has 1 aromatic carbocycles. The lowest BCUT2D eigenvalue weighted by molar-refractivity contribution is -0.120. The highest BCUT2D eigenvalue weighted by Crippen LogP contribution is 2.24. The zero-order valence-electron chi connectivity index (χ0n) is 10.4. The number of hydrogen-bond acceptors (Lipinski definition) is 2. The molecule has 98 valence electrons. The van der Waals surface area contributed by atoms with Gasteiger partial charge in [0.15, 0.2) is 0 Å². The summed E-state index contributed by atoms with van der Waals surface area (Å²) in [4.78, 5) is 12.1. The number of hydrogen-bond donors (Lipinski definition) is 2. The van der Waals surface area contributed by atoms with E-state index in [1.165, 1.54) is 6.07 Å². The first kappa shape index (κ1) is 13.0. The Morgan fingerprint density at radius 3 is 2.72 bits per heavy atom. The number of nitrogens with two attached hydrogens (primary N) is 1. The molecule has 2 unspecified atom stereocenters. The lowest BCUT2D eigenvalue weighted by Crippen LogP contribution is -2.37. The van der Waals surface area contributed by atoms with Gasteiger partial charge in [0.2, 0.25) is 5.91 Å². The predicted molar refractivity (Wildman–Crippen MR) is 69.6 cm³/mol. The third kappa shape index (κ3) is 3.07. The van der Waals surface area contributed by atoms with Gasteiger partial charge in [-0.2, -0.15) is 0 Å². The van der Waals surface area contributed by atoms with E-state index in [0.29, 0.717) is 0 Å². The molecule has 18 heavy (non-hydrogen) atoms. The van der Waals surface area contributed by atoms with Crippen molar-refractivity contribution in [3.63, 3.8) is 0 Å². The fraction of sp³-hybridized carbons (Fsp3) is 0.500. The van der Waals surface area contributed by atoms with Gasteiger partial charge in [-0.05, 0) is 25.0 Å². The number of carbonyl (C=O) groups excluding carboxylic acids is 1. The molecule has 1 aliphatic carbocycles. The van der Waals surface area contributed by atoms with E-state index in [1.54, 1.807) is 18.2 Å². The van der Waals surface area contributed by atoms with Crippen LogP contribution in [0.2, 0.25) is 0 Å². The van der Waals surface area contributed by atoms with Crippen molar-refractivity contribution >= 4 is 11.6 Å². The van der Waals surface area contributed by atoms with Crippen LogP contribution in [0.15, 0.2) is 24.3 Å². The minimum atomic E-state index is -0.409. The first-order valence-electron chi connectivity index (χ1n) is 6.49. The smallest absolute Gasteiger partial charge is 0.229 e. The Morgan fingerprint density at radius 2 is 1.94 bits per heavy atom. The summed E-state index contributed by atoms with van der Waals surface area (Å²) in [6.45, 7) is 0. The van der Waals surface area contributed by atoms with E-state index in [0.717, 1.165) is 32.1 Å². The van der Waals surface area contributed by atoms with Crippen molar-refractivity contribution < 1.29 is 9.18 Å². The molecule has 1 aliphatic rings. The number of halogens is 1. The van der Waals surface area contributed by atoms with Crippen LogP contribution in [0.25, 0.3) is 0 Å². The molecule has 0 aliphatic heterocycles. The van der Waals surface area contributed by atoms with Crippen molar-refractivity contribution in [2.75, 3.05) is 5.32 Å². The molecule has 0 saturated heterocycles. The Kier molecular flexibility index (Phi) is 4.31. The zero-order valence-corrected chi connectivity index (χ0v) is 10.4. The van der Waals surface area contributed by atoms with Gasteiger partial charge in [0.25, 0.3) is 0 Å². The summed E-state index contributed by atoms with van der Waals surface area (Å²) in [5, 5.41) is 2.64. The van der Waals surface area contributed by atoms with Crippen LogP contribution in [0.3, 0.4) is 0 Å². The molecule has 2 rings (SSSR count). The average molecular weight is 250 g/mol. The molecule has 4 heteroatoms. The number of carbonyl (C=O) groups is 1. The molecule has 2 atom stereocenters. The summed E-state index contributed by atoms with van der Waals surface area (Å²) in [7, 11) is 0. The minimum Gasteiger partial charge on any atom is -0.327 e. The molecule has 1 saturated carbocycles. The van der Waals surface area contributed by atoms with E-state index >= 15 is 0 Å². The van der Waals surface area contributed by atoms with Crippen molar-refractivity contribution in [1.82, 2.24) is 0 Å². The van der Waals surface area contributed by atoms with Crippen LogP contribution in [-0.2, 0) is 4.79 Å². The molecular weight excluding hydrogens is 231 g/mol. The van der Waals surface area contributed by atoms with E-state index in [1.807, 2.05) is 0 Å². The second-order valence-corrected chi connectivity index (χ2v) is 4.88. The van der Waals surface area contributed by atoms with Crippen LogP contribution in [0.1, 0.15) is 32.1 Å². The number of anilines is 1. The molecule has 3 nitrogen and oxygen atoms in total. The van der Waals surface area contributed by atoms with Gasteiger partial charge >= 0.3 is 0 Å². The van der Waals surface area contributed by atoms with Gasteiger partial charge in [-0.1, -0.05) is 31.4 Å². The lowest BCUT2D eigenvalue weighted by atomic mass is 9.94. The van der Waals surface area contributed by atoms with E-state index in [-0.39, 0.29) is 23.6 Å². The SMILES string of the molecule is NC1CCCCCC1C(=O)Nc1ccccc1F. The summed E-state index contributed by atoms with van der Waals surface area (Å²) < 4.78 is 13.4. The van der Waals surface area contributed by atoms with Crippen LogP contribution in [0, 0.1) is 11.7 Å². The van der Waals surface area contributed by atoms with E-state index in [9.17, 15) is 9.18 Å². The van der Waals surface area contributed by atoms with Gasteiger partial charge in [-0.25, -0.2) is 4.39 Å². The molecule has 1 aromatic rings. The highest BCUT2D eigenvalue weighted by Gasteiger charge is 2.27. The molecule has 3 N–H and O–H groups in total. The van der Waals surface area contributed by atoms with Crippen molar-refractivity contribution in [3.8, 4) is 0 Å². The van der Waals surface area contributed by atoms with Gasteiger partial charge in [-0.15, -0.1) is 0 Å². The fourth-order valence-electron chi connectivity index (χ4n) is 2.45. The normalized spacial score (nSPS) is 24.3. The second kappa shape index (κ2) is 5.96. The van der Waals surface area contributed by atoms with Crippen LogP contribution in [-0.4, -0.2) is 11.9 Å². The van der Waals surface area contributed by atoms with Gasteiger partial charge < -0.3 is 11.1 Å². The molecule has 0 heterocycles. The highest BCUT2D eigenvalue weighted by molar-refractivity contribution is 5.93. The maximum Gasteiger partial charge on any atom is 0.229 e. The molecular formula is C14H19FN2O. The first-order valence-corrected chi connectivity index (χ1v) is 6.49. The van der Waals surface area contributed by atoms with Crippen molar-refractivity contribution in [3.05, 3.63) is 30.1 Å². The summed E-state index contributed by atoms with van der Waals surface area (Å²) in [5.41, 5.74) is 6.25. The number of rotatable bonds is 2. The molecule has 1 amide bonds. The summed E-state index contributed by atoms with van der Waals surface area (Å²) in [6.07, 6.45) is 4.88. The Hall–Kier alpha value is -1.42. The molecule has 0 spiro atoms. The monoisotopic (exact) mass is 250 g/mol. The Bertz CT molecular complexity index is 422. The molecule has 0 bridgehead atoms. The average Bonchev–Trinajstić information content (AvgIpc) is 2.57. The summed E-state index contributed by atoms with van der Waals surface area (Å²) in [5.74, 6) is -0.769. The maximum atomic E-state index is 13.4. The second-order valence-electron chi connectivity index (χ2n) is 4.88. The van der Waals surface area contributed by atoms with Crippen LogP contribution in [0.4, 0.5) is 10.1 Å². The van der Waals surface area contributed by atoms with E-state index < -0.39 is 5.82 Å². The number of para-hydroxylation sites is 1. The minimum absolute atomic E-state index is 0.112. The Morgan fingerprint density at radius 1 is 1.22 bits per heavy atom. The topological polar surface area (TPSA) is 55.1 Å². The van der Waals surface area contributed by atoms with Gasteiger partial charge in [-0.3, -0.25) is 4.79 Å². The third-order valence-electron chi connectivity index (χ3n) is 3.54. The van der Waals surface area contributed by atoms with E-state index in [4.69, 9.17) is 5.73 Å². The first-order chi connectivity index (χ1) is 8.68. The van der Waals surface area contributed by atoms with Crippen LogP contribution >= 0.6 is 0 Å². The molecule has 1 fully saturated rings. The quantitative estimate of drug-likeness (QED) is 0.793. The predicted octanol–water partition coefficient (Wildman–Crippen LogP) is 2.67. The van der Waals surface area contributed by atoms with Gasteiger partial charge in [0, 0.05) is 6.04 Å². The maximum absolute atomic E-state index is 13.4. The van der Waals surface area contributed by atoms with Crippen molar-refractivity contribution in [1.29, 1.82) is 0 Å². The molecule has 0 aromatic heterocycles. The number of benzene rings is 1. The van der Waals surface area contributed by atoms with Crippen LogP contribution < -0.4 is 11.1 Å². The highest BCUT2D eigenvalue weighted by atomic mass is 19.1. The standard InChI is InChI=1S/C14H19FN2O/c15-11-7-4-5-9-13(11)17-14(18)10-6-2-1-3-8-12(10)16/h4-5,7,9-10,12H,1-3,6,8,16H2,(H,17,18). The van der Waals surface area contributed by atoms with Gasteiger partial charge in [0.1, 0.15) is 5.82 Å². The third-order valence-corrected chi connectivity index (χ3v) is 3.54. The Labute approximate surface area is 107 Å². The van der Waals surface area contributed by atoms with Crippen LogP contribution in [0.5, 0.6) is 0 Å². The Balaban J connectivity index is 2.04. The zero-order chi connectivity index (χ0) is 13.0. The summed E-state index contributed by atoms with van der Waals surface area (Å²) in [6, 6.07) is 6.09. The van der Waals surface area contributed by atoms with E-state index in [2.05, 4.69) is 5.32 Å². The van der Waals surface area contributed by atoms with Crippen molar-refractivity contribution in [2.45, 2.75) is 38.1 Å². The van der Waals surface area contributed by atoms with Gasteiger partial charge in [0.05, 0.1) is 11.6 Å².